The number of hydrogen-bond donors (Lipinski definition) is 5. The number of carbonyl (C=O) groups excluding carboxylic acids is 2. The molecule has 6 N–H and O–H groups in total. The number of thioether (sulfide) groups is 2. The zero-order valence-electron chi connectivity index (χ0n) is 16.1. The van der Waals surface area contributed by atoms with Crippen molar-refractivity contribution in [3.05, 3.63) is 0 Å². The number of nitrogens with two attached hydrogens (primary N) is 1. The average molecular weight is 439 g/mol. The summed E-state index contributed by atoms with van der Waals surface area (Å²) in [6.07, 6.45) is 0. The molecule has 0 radical (unpaired) electrons. The van der Waals surface area contributed by atoms with Crippen LogP contribution in [0.4, 0.5) is 0 Å². The Morgan fingerprint density at radius 3 is 1.81 bits per heavy atom. The van der Waals surface area contributed by atoms with Gasteiger partial charge in [0.1, 0.15) is 4.32 Å². The van der Waals surface area contributed by atoms with Crippen LogP contribution in [0.5, 0.6) is 0 Å². The summed E-state index contributed by atoms with van der Waals surface area (Å²) in [6, 6.07) is -0.152. The molecule has 0 aromatic rings. The Kier molecular flexibility index (Phi) is 13.9. The van der Waals surface area contributed by atoms with Gasteiger partial charge in [0, 0.05) is 6.04 Å². The van der Waals surface area contributed by atoms with Crippen LogP contribution < -0.4 is 16.4 Å². The fourth-order valence-corrected chi connectivity index (χ4v) is 3.02. The van der Waals surface area contributed by atoms with E-state index in [2.05, 4.69) is 27.8 Å². The molecule has 0 bridgehead atoms. The molecule has 0 unspecified atom stereocenters. The molecule has 2 fully saturated rings. The summed E-state index contributed by atoms with van der Waals surface area (Å²) in [4.78, 5) is 25.3. The van der Waals surface area contributed by atoms with Crippen molar-refractivity contribution in [2.75, 3.05) is 24.7 Å². The van der Waals surface area contributed by atoms with Crippen molar-refractivity contribution in [1.82, 2.24) is 10.6 Å². The summed E-state index contributed by atoms with van der Waals surface area (Å²) in [5.74, 6) is 1.63. The molecule has 8 nitrogen and oxygen atoms in total. The number of aliphatic hydroxyl groups excluding tert-OH is 2. The van der Waals surface area contributed by atoms with Crippen LogP contribution in [-0.2, 0) is 9.59 Å². The van der Waals surface area contributed by atoms with E-state index in [1.54, 1.807) is 0 Å². The molecule has 2 saturated heterocycles. The van der Waals surface area contributed by atoms with Crippen molar-refractivity contribution in [2.45, 2.75) is 39.8 Å². The molecule has 27 heavy (non-hydrogen) atoms. The lowest BCUT2D eigenvalue weighted by molar-refractivity contribution is -0.117. The van der Waals surface area contributed by atoms with E-state index in [0.29, 0.717) is 26.9 Å². The van der Waals surface area contributed by atoms with Crippen LogP contribution in [0, 0.1) is 11.8 Å². The number of aliphatic imine (C=N–C) groups is 1. The Morgan fingerprint density at radius 1 is 1.04 bits per heavy atom. The number of carbonyl (C=O) groups is 2. The Hall–Kier alpha value is -0.720. The minimum atomic E-state index is -0.110. The van der Waals surface area contributed by atoms with Crippen molar-refractivity contribution in [2.24, 2.45) is 22.6 Å². The van der Waals surface area contributed by atoms with Crippen LogP contribution >= 0.6 is 35.7 Å². The van der Waals surface area contributed by atoms with E-state index in [9.17, 15) is 9.59 Å². The first-order chi connectivity index (χ1) is 12.6. The van der Waals surface area contributed by atoms with Crippen LogP contribution in [0.15, 0.2) is 4.99 Å². The Bertz CT molecular complexity index is 516. The maximum absolute atomic E-state index is 10.8. The second-order valence-corrected chi connectivity index (χ2v) is 9.10. The number of amides is 2. The number of hydrogen-bond acceptors (Lipinski definition) is 9. The monoisotopic (exact) mass is 438 g/mol. The van der Waals surface area contributed by atoms with Crippen molar-refractivity contribution in [1.29, 1.82) is 0 Å². The Morgan fingerprint density at radius 2 is 1.59 bits per heavy atom. The topological polar surface area (TPSA) is 137 Å². The highest BCUT2D eigenvalue weighted by Gasteiger charge is 2.19. The van der Waals surface area contributed by atoms with Crippen molar-refractivity contribution in [3.8, 4) is 0 Å². The number of thiocarbonyl (C=S) groups is 1. The van der Waals surface area contributed by atoms with Crippen molar-refractivity contribution in [3.63, 3.8) is 0 Å². The summed E-state index contributed by atoms with van der Waals surface area (Å²) in [5, 5.41) is 23.1. The van der Waals surface area contributed by atoms with E-state index in [1.165, 1.54) is 23.5 Å². The van der Waals surface area contributed by atoms with E-state index in [4.69, 9.17) is 15.9 Å². The number of nitrogens with zero attached hydrogens (tertiary/aromatic N) is 1. The van der Waals surface area contributed by atoms with E-state index >= 15 is 0 Å². The third kappa shape index (κ3) is 12.4. The fraction of sp³-hybridized carbons (Fsp3) is 0.750. The SMILES string of the molecule is CC(C)[C@@H](N)CO.CC(C)[C@H](CO)N=C1NC(=O)CS1.O=C1CSC(=S)N1. The van der Waals surface area contributed by atoms with E-state index in [0.717, 1.165) is 0 Å². The molecule has 2 aliphatic rings. The highest BCUT2D eigenvalue weighted by molar-refractivity contribution is 8.24. The second kappa shape index (κ2) is 14.3. The van der Waals surface area contributed by atoms with Gasteiger partial charge in [-0.25, -0.2) is 0 Å². The largest absolute Gasteiger partial charge is 0.395 e. The molecule has 2 rings (SSSR count). The minimum absolute atomic E-state index is 0.0100. The third-order valence-electron chi connectivity index (χ3n) is 3.47. The molecule has 156 valence electrons. The normalized spacial score (nSPS) is 19.9. The van der Waals surface area contributed by atoms with Gasteiger partial charge in [-0.05, 0) is 11.8 Å². The number of nitrogens with one attached hydrogen (secondary N) is 2. The highest BCUT2D eigenvalue weighted by Crippen LogP contribution is 2.13. The van der Waals surface area contributed by atoms with Gasteiger partial charge in [-0.15, -0.1) is 0 Å². The van der Waals surface area contributed by atoms with Gasteiger partial charge >= 0.3 is 0 Å². The maximum atomic E-state index is 10.8. The molecule has 0 aromatic carbocycles. The predicted octanol–water partition coefficient (Wildman–Crippen LogP) is 0.319. The van der Waals surface area contributed by atoms with E-state index in [1.807, 2.05) is 27.7 Å². The van der Waals surface area contributed by atoms with Gasteiger partial charge in [-0.2, -0.15) is 0 Å². The molecule has 2 aliphatic heterocycles. The lowest BCUT2D eigenvalue weighted by atomic mass is 10.1. The molecule has 0 aliphatic carbocycles. The lowest BCUT2D eigenvalue weighted by Gasteiger charge is -2.13. The van der Waals surface area contributed by atoms with Crippen LogP contribution in [0.1, 0.15) is 27.7 Å². The van der Waals surface area contributed by atoms with Crippen LogP contribution in [-0.4, -0.2) is 68.3 Å². The van der Waals surface area contributed by atoms with E-state index < -0.39 is 0 Å². The lowest BCUT2D eigenvalue weighted by Crippen LogP contribution is -2.29. The molecule has 2 heterocycles. The Balaban J connectivity index is 0.000000410. The molecular formula is C16H30N4O4S3. The molecule has 2 amide bonds. The molecule has 0 aromatic heterocycles. The first kappa shape index (κ1) is 26.3. The summed E-state index contributed by atoms with van der Waals surface area (Å²) in [6.45, 7) is 8.08. The molecule has 2 atom stereocenters. The van der Waals surface area contributed by atoms with Crippen LogP contribution in [0.2, 0.25) is 0 Å². The van der Waals surface area contributed by atoms with Gasteiger partial charge in [0.05, 0.1) is 30.8 Å². The van der Waals surface area contributed by atoms with Crippen LogP contribution in [0.3, 0.4) is 0 Å². The van der Waals surface area contributed by atoms with Gasteiger partial charge in [0.2, 0.25) is 11.8 Å². The smallest absolute Gasteiger partial charge is 0.236 e. The summed E-state index contributed by atoms with van der Waals surface area (Å²) >= 11 is 7.39. The molecule has 0 spiro atoms. The number of aliphatic hydroxyl groups is 2. The molecular weight excluding hydrogens is 408 g/mol. The number of amidine groups is 1. The second-order valence-electron chi connectivity index (χ2n) is 6.48. The molecule has 0 saturated carbocycles. The predicted molar refractivity (Wildman–Crippen MR) is 117 cm³/mol. The first-order valence-electron chi connectivity index (χ1n) is 8.55. The molecule has 11 heteroatoms. The third-order valence-corrected chi connectivity index (χ3v) is 5.58. The quantitative estimate of drug-likeness (QED) is 0.387. The van der Waals surface area contributed by atoms with Crippen LogP contribution in [0.25, 0.3) is 0 Å². The average Bonchev–Trinajstić information content (AvgIpc) is 3.19. The minimum Gasteiger partial charge on any atom is -0.395 e. The zero-order chi connectivity index (χ0) is 21.0. The van der Waals surface area contributed by atoms with Gasteiger partial charge < -0.3 is 26.6 Å². The summed E-state index contributed by atoms with van der Waals surface area (Å²) in [7, 11) is 0. The highest BCUT2D eigenvalue weighted by atomic mass is 32.2. The van der Waals surface area contributed by atoms with Gasteiger partial charge in [0.25, 0.3) is 0 Å². The maximum Gasteiger partial charge on any atom is 0.236 e. The Labute approximate surface area is 174 Å². The van der Waals surface area contributed by atoms with E-state index in [-0.39, 0.29) is 43.0 Å². The van der Waals surface area contributed by atoms with Gasteiger partial charge in [-0.1, -0.05) is 63.4 Å². The van der Waals surface area contributed by atoms with Crippen molar-refractivity contribution >= 4 is 57.0 Å². The van der Waals surface area contributed by atoms with Gasteiger partial charge in [-0.3, -0.25) is 14.6 Å². The van der Waals surface area contributed by atoms with Crippen molar-refractivity contribution < 1.29 is 19.8 Å². The summed E-state index contributed by atoms with van der Waals surface area (Å²) < 4.78 is 0.602. The van der Waals surface area contributed by atoms with Gasteiger partial charge in [0.15, 0.2) is 5.17 Å². The first-order valence-corrected chi connectivity index (χ1v) is 10.9. The standard InChI is InChI=1S/C8H14N2O2S.C5H13NO.C3H3NOS2/c1-5(2)6(3-11)9-8-10-7(12)4-13-8;1-4(2)5(6)3-7;5-2-1-7-3(6)4-2/h5-6,11H,3-4H2,1-2H3,(H,9,10,12);4-5,7H,3,6H2,1-2H3;1H2,(H,4,5,6)/t6-;5-;/m00./s1. The zero-order valence-corrected chi connectivity index (χ0v) is 18.5. The number of rotatable bonds is 5. The summed E-state index contributed by atoms with van der Waals surface area (Å²) in [5.41, 5.74) is 5.37. The fourth-order valence-electron chi connectivity index (χ4n) is 1.47.